The van der Waals surface area contributed by atoms with Gasteiger partial charge >= 0.3 is 0 Å². The third-order valence-corrected chi connectivity index (χ3v) is 5.30. The van der Waals surface area contributed by atoms with E-state index in [1.54, 1.807) is 0 Å². The molecule has 2 atom stereocenters. The number of ether oxygens (including phenoxy) is 1. The second-order valence-corrected chi connectivity index (χ2v) is 7.02. The van der Waals surface area contributed by atoms with Gasteiger partial charge in [-0.05, 0) is 68.9 Å². The molecule has 2 unspecified atom stereocenters. The summed E-state index contributed by atoms with van der Waals surface area (Å²) in [6, 6.07) is 0. The average Bonchev–Trinajstić information content (AvgIpc) is 2.42. The summed E-state index contributed by atoms with van der Waals surface area (Å²) in [4.78, 5) is 0. The van der Waals surface area contributed by atoms with Crippen LogP contribution < -0.4 is 4.74 Å². The first-order chi connectivity index (χ1) is 9.73. The van der Waals surface area contributed by atoms with Gasteiger partial charge in [0.05, 0.1) is 13.7 Å². The van der Waals surface area contributed by atoms with Crippen LogP contribution in [-0.2, 0) is 0 Å². The first-order valence-corrected chi connectivity index (χ1v) is 8.00. The van der Waals surface area contributed by atoms with Gasteiger partial charge in [0.15, 0.2) is 0 Å². The first kappa shape index (κ1) is 16.3. The van der Waals surface area contributed by atoms with E-state index >= 15 is 0 Å². The predicted octanol–water partition coefficient (Wildman–Crippen LogP) is 3.85. The molecule has 1 aromatic carbocycles. The van der Waals surface area contributed by atoms with Gasteiger partial charge in [0.25, 0.3) is 0 Å². The Hall–Kier alpha value is -1.06. The van der Waals surface area contributed by atoms with Crippen molar-refractivity contribution in [2.24, 2.45) is 5.92 Å². The molecule has 0 spiro atoms. The fourth-order valence-corrected chi connectivity index (χ4v) is 3.48. The molecule has 0 bridgehead atoms. The van der Waals surface area contributed by atoms with Crippen molar-refractivity contribution in [3.05, 3.63) is 27.8 Å². The van der Waals surface area contributed by atoms with E-state index in [1.807, 2.05) is 7.05 Å². The van der Waals surface area contributed by atoms with Crippen molar-refractivity contribution in [2.45, 2.75) is 47.5 Å². The second-order valence-electron chi connectivity index (χ2n) is 7.02. The summed E-state index contributed by atoms with van der Waals surface area (Å²) in [5, 5.41) is 10.2. The van der Waals surface area contributed by atoms with Gasteiger partial charge in [-0.1, -0.05) is 0 Å². The number of hydroxylamine groups is 3. The molecule has 1 saturated heterocycles. The van der Waals surface area contributed by atoms with Crippen LogP contribution in [0.1, 0.15) is 40.7 Å². The van der Waals surface area contributed by atoms with Gasteiger partial charge in [0, 0.05) is 12.3 Å². The van der Waals surface area contributed by atoms with Gasteiger partial charge in [-0.3, -0.25) is 0 Å². The molecular formula is C18H30NO2+. The number of piperidine rings is 1. The van der Waals surface area contributed by atoms with Crippen LogP contribution in [-0.4, -0.2) is 36.6 Å². The smallest absolute Gasteiger partial charge is 0.125 e. The van der Waals surface area contributed by atoms with Crippen LogP contribution in [0.3, 0.4) is 0 Å². The van der Waals surface area contributed by atoms with Crippen LogP contribution in [0.15, 0.2) is 0 Å². The van der Waals surface area contributed by atoms with Gasteiger partial charge in [-0.25, -0.2) is 5.21 Å². The molecule has 1 aliphatic rings. The zero-order valence-electron chi connectivity index (χ0n) is 14.4. The van der Waals surface area contributed by atoms with E-state index in [1.165, 1.54) is 27.8 Å². The van der Waals surface area contributed by atoms with Gasteiger partial charge in [-0.15, -0.1) is 0 Å². The molecule has 0 amide bonds. The fourth-order valence-electron chi connectivity index (χ4n) is 3.48. The van der Waals surface area contributed by atoms with Crippen molar-refractivity contribution in [2.75, 3.05) is 26.7 Å². The Morgan fingerprint density at radius 1 is 1.00 bits per heavy atom. The van der Waals surface area contributed by atoms with E-state index in [9.17, 15) is 5.21 Å². The summed E-state index contributed by atoms with van der Waals surface area (Å²) in [6.45, 7) is 13.2. The molecule has 1 heterocycles. The molecule has 1 N–H and O–H groups in total. The van der Waals surface area contributed by atoms with Gasteiger partial charge in [0.2, 0.25) is 0 Å². The highest BCUT2D eigenvalue weighted by molar-refractivity contribution is 5.53. The van der Waals surface area contributed by atoms with Crippen LogP contribution >= 0.6 is 0 Å². The quantitative estimate of drug-likeness (QED) is 0.857. The summed E-state index contributed by atoms with van der Waals surface area (Å²) in [6.07, 6.45) is 2.22. The van der Waals surface area contributed by atoms with Crippen molar-refractivity contribution in [1.82, 2.24) is 0 Å². The van der Waals surface area contributed by atoms with Crippen LogP contribution in [0.5, 0.6) is 5.75 Å². The minimum atomic E-state index is 0.137. The maximum Gasteiger partial charge on any atom is 0.125 e. The Kier molecular flexibility index (Phi) is 4.64. The summed E-state index contributed by atoms with van der Waals surface area (Å²) in [7, 11) is 1.89. The summed E-state index contributed by atoms with van der Waals surface area (Å²) >= 11 is 0. The standard InChI is InChI=1S/C18H30NO2/c1-12-13(2)15(4)18(16(5)14(12)3)21-11-17-8-7-9-19(6,20)10-17/h17,20H,7-11H2,1-6H3/q+1. The third-order valence-electron chi connectivity index (χ3n) is 5.30. The topological polar surface area (TPSA) is 29.5 Å². The summed E-state index contributed by atoms with van der Waals surface area (Å²) in [5.41, 5.74) is 6.55. The van der Waals surface area contributed by atoms with E-state index in [-0.39, 0.29) is 4.65 Å². The highest BCUT2D eigenvalue weighted by atomic mass is 16.5. The monoisotopic (exact) mass is 292 g/mol. The van der Waals surface area contributed by atoms with Crippen molar-refractivity contribution < 1.29 is 14.6 Å². The molecule has 21 heavy (non-hydrogen) atoms. The van der Waals surface area contributed by atoms with Crippen molar-refractivity contribution in [3.63, 3.8) is 0 Å². The number of benzene rings is 1. The number of hydrogen-bond acceptors (Lipinski definition) is 2. The third kappa shape index (κ3) is 3.41. The van der Waals surface area contributed by atoms with E-state index in [4.69, 9.17) is 4.74 Å². The van der Waals surface area contributed by atoms with E-state index < -0.39 is 0 Å². The molecule has 0 radical (unpaired) electrons. The van der Waals surface area contributed by atoms with Gasteiger partial charge in [0.1, 0.15) is 18.8 Å². The van der Waals surface area contributed by atoms with Crippen molar-refractivity contribution in [1.29, 1.82) is 0 Å². The molecule has 3 nitrogen and oxygen atoms in total. The molecule has 0 saturated carbocycles. The average molecular weight is 292 g/mol. The van der Waals surface area contributed by atoms with E-state index in [0.29, 0.717) is 12.5 Å². The molecule has 0 aliphatic carbocycles. The normalized spacial score (nSPS) is 26.0. The van der Waals surface area contributed by atoms with Crippen molar-refractivity contribution >= 4 is 0 Å². The molecule has 1 aliphatic heterocycles. The van der Waals surface area contributed by atoms with Crippen LogP contribution in [0.4, 0.5) is 0 Å². The number of rotatable bonds is 3. The second kappa shape index (κ2) is 5.98. The SMILES string of the molecule is Cc1c(C)c(C)c(OCC2CCC[N+](C)(O)C2)c(C)c1C. The van der Waals surface area contributed by atoms with Crippen LogP contribution in [0, 0.1) is 40.5 Å². The van der Waals surface area contributed by atoms with Crippen LogP contribution in [0.25, 0.3) is 0 Å². The minimum Gasteiger partial charge on any atom is -0.492 e. The molecule has 118 valence electrons. The molecule has 0 aromatic heterocycles. The number of hydrogen-bond donors (Lipinski definition) is 1. The largest absolute Gasteiger partial charge is 0.492 e. The first-order valence-electron chi connectivity index (χ1n) is 8.00. The molecule has 1 fully saturated rings. The molecular weight excluding hydrogens is 262 g/mol. The maximum atomic E-state index is 10.2. The number of nitrogens with zero attached hydrogens (tertiary/aromatic N) is 1. The van der Waals surface area contributed by atoms with E-state index in [0.717, 1.165) is 31.7 Å². The lowest BCUT2D eigenvalue weighted by atomic mass is 9.94. The molecule has 2 rings (SSSR count). The molecule has 3 heteroatoms. The summed E-state index contributed by atoms with van der Waals surface area (Å²) < 4.78 is 6.33. The lowest BCUT2D eigenvalue weighted by molar-refractivity contribution is -1.09. The van der Waals surface area contributed by atoms with Gasteiger partial charge in [-0.2, -0.15) is 4.65 Å². The zero-order chi connectivity index (χ0) is 15.8. The Morgan fingerprint density at radius 2 is 1.52 bits per heavy atom. The molecule has 1 aromatic rings. The Balaban J connectivity index is 2.14. The van der Waals surface area contributed by atoms with Crippen molar-refractivity contribution in [3.8, 4) is 5.75 Å². The fraction of sp³-hybridized carbons (Fsp3) is 0.667. The highest BCUT2D eigenvalue weighted by Crippen LogP contribution is 2.33. The lowest BCUT2D eigenvalue weighted by Gasteiger charge is -2.34. The minimum absolute atomic E-state index is 0.137. The number of quaternary nitrogens is 1. The Bertz CT molecular complexity index is 506. The van der Waals surface area contributed by atoms with Gasteiger partial charge < -0.3 is 4.74 Å². The predicted molar refractivity (Wildman–Crippen MR) is 86.1 cm³/mol. The van der Waals surface area contributed by atoms with Crippen LogP contribution in [0.2, 0.25) is 0 Å². The highest BCUT2D eigenvalue weighted by Gasteiger charge is 2.30. The lowest BCUT2D eigenvalue weighted by Crippen LogP contribution is -2.49. The summed E-state index contributed by atoms with van der Waals surface area (Å²) in [5.74, 6) is 1.49. The number of likely N-dealkylation sites (tertiary alicyclic amines) is 1. The Labute approximate surface area is 129 Å². The zero-order valence-corrected chi connectivity index (χ0v) is 14.4. The maximum absolute atomic E-state index is 10.2. The van der Waals surface area contributed by atoms with E-state index in [2.05, 4.69) is 34.6 Å². The Morgan fingerprint density at radius 3 is 2.05 bits per heavy atom.